The monoisotopic (exact) mass is 440 g/mol. The number of benzene rings is 2. The van der Waals surface area contributed by atoms with Crippen molar-refractivity contribution in [1.29, 1.82) is 0 Å². The Hall–Kier alpha value is -2.79. The van der Waals surface area contributed by atoms with Gasteiger partial charge in [0.15, 0.2) is 12.6 Å². The lowest BCUT2D eigenvalue weighted by atomic mass is 10.1. The standard InChI is InChI=1S/C27H36O5/c1-3-4-5-6-7-8-9-12-20-31-26-17-13-15-23(28)27(26)24(29)19-18-22-14-10-11-16-25(22)32-21-30-2/h10-11,13-19,28H,3-9,12,20-21H2,1-2H3/b19-18+. The summed E-state index contributed by atoms with van der Waals surface area (Å²) in [4.78, 5) is 12.9. The van der Waals surface area contributed by atoms with Gasteiger partial charge in [-0.25, -0.2) is 0 Å². The largest absolute Gasteiger partial charge is 0.507 e. The maximum atomic E-state index is 12.9. The van der Waals surface area contributed by atoms with Crippen molar-refractivity contribution in [3.63, 3.8) is 0 Å². The lowest BCUT2D eigenvalue weighted by Crippen LogP contribution is -2.04. The Labute approximate surface area is 192 Å². The first-order valence-corrected chi connectivity index (χ1v) is 11.5. The zero-order chi connectivity index (χ0) is 23.0. The van der Waals surface area contributed by atoms with Gasteiger partial charge in [0.25, 0.3) is 0 Å². The van der Waals surface area contributed by atoms with Crippen LogP contribution in [0.5, 0.6) is 17.2 Å². The van der Waals surface area contributed by atoms with Crippen LogP contribution in [-0.4, -0.2) is 31.4 Å². The third-order valence-electron chi connectivity index (χ3n) is 5.17. The highest BCUT2D eigenvalue weighted by atomic mass is 16.7. The van der Waals surface area contributed by atoms with Crippen LogP contribution in [0.1, 0.15) is 74.2 Å². The van der Waals surface area contributed by atoms with Gasteiger partial charge in [0.1, 0.15) is 22.8 Å². The van der Waals surface area contributed by atoms with Crippen molar-refractivity contribution in [1.82, 2.24) is 0 Å². The second-order valence-electron chi connectivity index (χ2n) is 7.76. The number of aromatic hydroxyl groups is 1. The highest BCUT2D eigenvalue weighted by molar-refractivity contribution is 6.10. The van der Waals surface area contributed by atoms with Crippen LogP contribution >= 0.6 is 0 Å². The molecule has 0 amide bonds. The highest BCUT2D eigenvalue weighted by Crippen LogP contribution is 2.29. The Morgan fingerprint density at radius 1 is 0.875 bits per heavy atom. The Bertz CT molecular complexity index is 844. The van der Waals surface area contributed by atoms with Gasteiger partial charge in [-0.2, -0.15) is 0 Å². The van der Waals surface area contributed by atoms with E-state index in [9.17, 15) is 9.90 Å². The predicted octanol–water partition coefficient (Wildman–Crippen LogP) is 6.79. The number of hydrogen-bond acceptors (Lipinski definition) is 5. The van der Waals surface area contributed by atoms with Crippen LogP contribution in [-0.2, 0) is 4.74 Å². The average Bonchev–Trinajstić information content (AvgIpc) is 2.80. The second kappa shape index (κ2) is 15.1. The molecule has 32 heavy (non-hydrogen) atoms. The molecule has 0 radical (unpaired) electrons. The van der Waals surface area contributed by atoms with E-state index >= 15 is 0 Å². The lowest BCUT2D eigenvalue weighted by molar-refractivity contribution is 0.0510. The number of carbonyl (C=O) groups is 1. The summed E-state index contributed by atoms with van der Waals surface area (Å²) >= 11 is 0. The molecule has 2 aromatic carbocycles. The molecular weight excluding hydrogens is 404 g/mol. The molecule has 0 saturated carbocycles. The molecule has 0 unspecified atom stereocenters. The number of rotatable bonds is 16. The molecule has 0 aliphatic carbocycles. The van der Waals surface area contributed by atoms with Gasteiger partial charge in [0.05, 0.1) is 6.61 Å². The predicted molar refractivity (Wildman–Crippen MR) is 129 cm³/mol. The van der Waals surface area contributed by atoms with E-state index in [0.29, 0.717) is 18.1 Å². The molecule has 174 valence electrons. The zero-order valence-corrected chi connectivity index (χ0v) is 19.3. The first-order chi connectivity index (χ1) is 15.7. The maximum absolute atomic E-state index is 12.9. The van der Waals surface area contributed by atoms with E-state index < -0.39 is 0 Å². The smallest absolute Gasteiger partial charge is 0.193 e. The highest BCUT2D eigenvalue weighted by Gasteiger charge is 2.15. The van der Waals surface area contributed by atoms with Crippen LogP contribution in [0.2, 0.25) is 0 Å². The SMILES string of the molecule is CCCCCCCCCCOc1cccc(O)c1C(=O)/C=C/c1ccccc1OCOC. The van der Waals surface area contributed by atoms with E-state index in [2.05, 4.69) is 6.92 Å². The summed E-state index contributed by atoms with van der Waals surface area (Å²) in [5, 5.41) is 10.3. The molecule has 0 aliphatic rings. The molecule has 0 fully saturated rings. The topological polar surface area (TPSA) is 65.0 Å². The molecule has 0 atom stereocenters. The third kappa shape index (κ3) is 8.75. The lowest BCUT2D eigenvalue weighted by Gasteiger charge is -2.11. The van der Waals surface area contributed by atoms with Crippen LogP contribution in [0.25, 0.3) is 6.08 Å². The molecule has 0 bridgehead atoms. The van der Waals surface area contributed by atoms with Crippen molar-refractivity contribution < 1.29 is 24.1 Å². The fraction of sp³-hybridized carbons (Fsp3) is 0.444. The molecule has 1 N–H and O–H groups in total. The molecular formula is C27H36O5. The quantitative estimate of drug-likeness (QED) is 0.135. The molecule has 5 heteroatoms. The Balaban J connectivity index is 1.93. The third-order valence-corrected chi connectivity index (χ3v) is 5.17. The maximum Gasteiger partial charge on any atom is 0.193 e. The van der Waals surface area contributed by atoms with Crippen molar-refractivity contribution in [2.75, 3.05) is 20.5 Å². The van der Waals surface area contributed by atoms with Crippen molar-refractivity contribution in [2.24, 2.45) is 0 Å². The van der Waals surface area contributed by atoms with E-state index in [1.165, 1.54) is 50.7 Å². The van der Waals surface area contributed by atoms with Crippen molar-refractivity contribution in [2.45, 2.75) is 58.3 Å². The number of ether oxygens (including phenoxy) is 3. The summed E-state index contributed by atoms with van der Waals surface area (Å²) in [5.74, 6) is 0.612. The Morgan fingerprint density at radius 3 is 2.31 bits per heavy atom. The number of carbonyl (C=O) groups excluding carboxylic acids is 1. The van der Waals surface area contributed by atoms with Crippen molar-refractivity contribution in [3.8, 4) is 17.2 Å². The number of para-hydroxylation sites is 1. The first kappa shape index (κ1) is 25.5. The van der Waals surface area contributed by atoms with E-state index in [1.54, 1.807) is 25.3 Å². The summed E-state index contributed by atoms with van der Waals surface area (Å²) in [6.45, 7) is 2.87. The van der Waals surface area contributed by atoms with E-state index in [0.717, 1.165) is 18.4 Å². The number of methoxy groups -OCH3 is 1. The van der Waals surface area contributed by atoms with E-state index in [1.807, 2.05) is 24.3 Å². The van der Waals surface area contributed by atoms with Crippen LogP contribution in [0.15, 0.2) is 48.5 Å². The molecule has 0 aromatic heterocycles. The fourth-order valence-electron chi connectivity index (χ4n) is 3.43. The molecule has 5 nitrogen and oxygen atoms in total. The Morgan fingerprint density at radius 2 is 1.56 bits per heavy atom. The summed E-state index contributed by atoms with van der Waals surface area (Å²) in [5.41, 5.74) is 0.924. The summed E-state index contributed by atoms with van der Waals surface area (Å²) in [6.07, 6.45) is 12.8. The number of phenolic OH excluding ortho intramolecular Hbond substituents is 1. The van der Waals surface area contributed by atoms with Gasteiger partial charge in [0, 0.05) is 12.7 Å². The number of unbranched alkanes of at least 4 members (excludes halogenated alkanes) is 7. The minimum absolute atomic E-state index is 0.0861. The van der Waals surface area contributed by atoms with Crippen LogP contribution < -0.4 is 9.47 Å². The van der Waals surface area contributed by atoms with Crippen molar-refractivity contribution >= 4 is 11.9 Å². The van der Waals surface area contributed by atoms with Crippen LogP contribution in [0, 0.1) is 0 Å². The van der Waals surface area contributed by atoms with Gasteiger partial charge in [0.2, 0.25) is 0 Å². The van der Waals surface area contributed by atoms with Crippen LogP contribution in [0.4, 0.5) is 0 Å². The Kier molecular flexibility index (Phi) is 12.0. The van der Waals surface area contributed by atoms with Gasteiger partial charge in [-0.1, -0.05) is 76.1 Å². The molecule has 2 aromatic rings. The summed E-state index contributed by atoms with van der Waals surface area (Å²) in [7, 11) is 1.55. The number of phenols is 1. The van der Waals surface area contributed by atoms with Gasteiger partial charge in [-0.05, 0) is 36.8 Å². The molecule has 0 spiro atoms. The van der Waals surface area contributed by atoms with Crippen LogP contribution in [0.3, 0.4) is 0 Å². The molecule has 0 saturated heterocycles. The number of hydrogen-bond donors (Lipinski definition) is 1. The minimum atomic E-state index is -0.324. The van der Waals surface area contributed by atoms with Gasteiger partial charge < -0.3 is 19.3 Å². The number of allylic oxidation sites excluding steroid dienone is 1. The number of ketones is 1. The zero-order valence-electron chi connectivity index (χ0n) is 19.3. The first-order valence-electron chi connectivity index (χ1n) is 11.5. The molecule has 2 rings (SSSR count). The van der Waals surface area contributed by atoms with E-state index in [-0.39, 0.29) is 23.9 Å². The second-order valence-corrected chi connectivity index (χ2v) is 7.76. The molecule has 0 heterocycles. The van der Waals surface area contributed by atoms with Gasteiger partial charge in [-0.15, -0.1) is 0 Å². The average molecular weight is 441 g/mol. The summed E-state index contributed by atoms with van der Waals surface area (Å²) < 4.78 is 16.3. The fourth-order valence-corrected chi connectivity index (χ4v) is 3.43. The van der Waals surface area contributed by atoms with Gasteiger partial charge >= 0.3 is 0 Å². The van der Waals surface area contributed by atoms with Crippen molar-refractivity contribution in [3.05, 3.63) is 59.7 Å². The van der Waals surface area contributed by atoms with Gasteiger partial charge in [-0.3, -0.25) is 4.79 Å². The van der Waals surface area contributed by atoms with E-state index in [4.69, 9.17) is 14.2 Å². The molecule has 0 aliphatic heterocycles. The normalized spacial score (nSPS) is 11.1. The minimum Gasteiger partial charge on any atom is -0.507 e. The summed E-state index contributed by atoms with van der Waals surface area (Å²) in [6, 6.07) is 12.3.